The van der Waals surface area contributed by atoms with Crippen LogP contribution in [-0.2, 0) is 4.79 Å². The normalized spacial score (nSPS) is 28.2. The van der Waals surface area contributed by atoms with Gasteiger partial charge in [0, 0.05) is 30.1 Å². The largest absolute Gasteiger partial charge is 0.340 e. The molecule has 1 saturated heterocycles. The van der Waals surface area contributed by atoms with E-state index in [2.05, 4.69) is 27.7 Å². The lowest BCUT2D eigenvalue weighted by molar-refractivity contribution is -0.136. The van der Waals surface area contributed by atoms with Crippen molar-refractivity contribution >= 4 is 17.7 Å². The first kappa shape index (κ1) is 13.8. The summed E-state index contributed by atoms with van der Waals surface area (Å²) in [6.45, 7) is 10.7. The molecule has 1 amide bonds. The summed E-state index contributed by atoms with van der Waals surface area (Å²) in [5.74, 6) is 0.566. The number of hydrogen-bond acceptors (Lipinski definition) is 3. The van der Waals surface area contributed by atoms with Crippen molar-refractivity contribution in [3.05, 3.63) is 0 Å². The van der Waals surface area contributed by atoms with Gasteiger partial charge in [-0.3, -0.25) is 4.79 Å². The van der Waals surface area contributed by atoms with E-state index in [9.17, 15) is 4.79 Å². The summed E-state index contributed by atoms with van der Waals surface area (Å²) >= 11 is 1.96. The van der Waals surface area contributed by atoms with Gasteiger partial charge in [-0.25, -0.2) is 0 Å². The van der Waals surface area contributed by atoms with Gasteiger partial charge in [-0.1, -0.05) is 27.7 Å². The average molecular weight is 244 g/mol. The summed E-state index contributed by atoms with van der Waals surface area (Å²) in [6.07, 6.45) is 0. The van der Waals surface area contributed by atoms with Gasteiger partial charge in [0.25, 0.3) is 0 Å². The lowest BCUT2D eigenvalue weighted by Gasteiger charge is -2.37. The van der Waals surface area contributed by atoms with Gasteiger partial charge in [-0.05, 0) is 5.92 Å². The standard InChI is InChI=1S/C12H24N2OS/c1-8(2)11(5-13)12(15)14-6-9(3)16-10(4)7-14/h8-11H,5-7,13H2,1-4H3. The predicted molar refractivity (Wildman–Crippen MR) is 70.5 cm³/mol. The van der Waals surface area contributed by atoms with Crippen molar-refractivity contribution in [2.75, 3.05) is 19.6 Å². The van der Waals surface area contributed by atoms with E-state index in [1.807, 2.05) is 16.7 Å². The van der Waals surface area contributed by atoms with Crippen LogP contribution in [0.1, 0.15) is 27.7 Å². The van der Waals surface area contributed by atoms with Crippen LogP contribution < -0.4 is 5.73 Å². The maximum Gasteiger partial charge on any atom is 0.227 e. The molecule has 3 atom stereocenters. The molecule has 0 spiro atoms. The van der Waals surface area contributed by atoms with E-state index in [4.69, 9.17) is 5.73 Å². The summed E-state index contributed by atoms with van der Waals surface area (Å²) in [7, 11) is 0. The molecule has 3 unspecified atom stereocenters. The topological polar surface area (TPSA) is 46.3 Å². The van der Waals surface area contributed by atoms with Crippen LogP contribution in [0.25, 0.3) is 0 Å². The van der Waals surface area contributed by atoms with Gasteiger partial charge in [-0.15, -0.1) is 0 Å². The van der Waals surface area contributed by atoms with Crippen LogP contribution >= 0.6 is 11.8 Å². The molecule has 1 heterocycles. The summed E-state index contributed by atoms with van der Waals surface area (Å²) in [5.41, 5.74) is 5.70. The van der Waals surface area contributed by atoms with Crippen molar-refractivity contribution in [2.45, 2.75) is 38.2 Å². The molecular formula is C12H24N2OS. The third-order valence-corrected chi connectivity index (χ3v) is 4.33. The number of nitrogens with zero attached hydrogens (tertiary/aromatic N) is 1. The Hall–Kier alpha value is -0.220. The van der Waals surface area contributed by atoms with E-state index < -0.39 is 0 Å². The molecule has 4 heteroatoms. The van der Waals surface area contributed by atoms with Gasteiger partial charge in [0.2, 0.25) is 5.91 Å². The fourth-order valence-electron chi connectivity index (χ4n) is 2.25. The molecule has 1 fully saturated rings. The zero-order valence-corrected chi connectivity index (χ0v) is 11.6. The molecule has 0 saturated carbocycles. The van der Waals surface area contributed by atoms with E-state index in [0.717, 1.165) is 13.1 Å². The van der Waals surface area contributed by atoms with Gasteiger partial charge in [0.1, 0.15) is 0 Å². The lowest BCUT2D eigenvalue weighted by atomic mass is 9.94. The Kier molecular flexibility index (Phi) is 5.12. The highest BCUT2D eigenvalue weighted by molar-refractivity contribution is 8.00. The second-order valence-electron chi connectivity index (χ2n) is 5.09. The van der Waals surface area contributed by atoms with Crippen LogP contribution in [-0.4, -0.2) is 40.9 Å². The number of thioether (sulfide) groups is 1. The maximum atomic E-state index is 12.3. The van der Waals surface area contributed by atoms with Crippen LogP contribution in [0.5, 0.6) is 0 Å². The average Bonchev–Trinajstić information content (AvgIpc) is 2.16. The Balaban J connectivity index is 2.65. The summed E-state index contributed by atoms with van der Waals surface area (Å²) < 4.78 is 0. The molecule has 2 N–H and O–H groups in total. The number of carbonyl (C=O) groups is 1. The zero-order chi connectivity index (χ0) is 12.3. The minimum atomic E-state index is -0.0116. The molecule has 0 radical (unpaired) electrons. The van der Waals surface area contributed by atoms with E-state index in [1.165, 1.54) is 0 Å². The van der Waals surface area contributed by atoms with Crippen molar-refractivity contribution in [1.29, 1.82) is 0 Å². The molecule has 0 aromatic heterocycles. The maximum absolute atomic E-state index is 12.3. The Morgan fingerprint density at radius 2 is 1.88 bits per heavy atom. The highest BCUT2D eigenvalue weighted by Gasteiger charge is 2.31. The number of nitrogens with two attached hydrogens (primary N) is 1. The highest BCUT2D eigenvalue weighted by atomic mass is 32.2. The van der Waals surface area contributed by atoms with E-state index in [0.29, 0.717) is 23.0 Å². The van der Waals surface area contributed by atoms with Crippen molar-refractivity contribution in [3.8, 4) is 0 Å². The van der Waals surface area contributed by atoms with Gasteiger partial charge in [-0.2, -0.15) is 11.8 Å². The van der Waals surface area contributed by atoms with Crippen molar-refractivity contribution in [1.82, 2.24) is 4.90 Å². The van der Waals surface area contributed by atoms with Crippen molar-refractivity contribution in [3.63, 3.8) is 0 Å². The van der Waals surface area contributed by atoms with Gasteiger partial charge >= 0.3 is 0 Å². The Labute approximate surface area is 103 Å². The molecule has 3 nitrogen and oxygen atoms in total. The van der Waals surface area contributed by atoms with Crippen molar-refractivity contribution in [2.24, 2.45) is 17.6 Å². The first-order valence-corrected chi connectivity index (χ1v) is 7.04. The van der Waals surface area contributed by atoms with Gasteiger partial charge < -0.3 is 10.6 Å². The summed E-state index contributed by atoms with van der Waals surface area (Å²) in [5, 5.41) is 1.08. The smallest absolute Gasteiger partial charge is 0.227 e. The second kappa shape index (κ2) is 5.92. The Morgan fingerprint density at radius 3 is 2.25 bits per heavy atom. The minimum absolute atomic E-state index is 0.0116. The van der Waals surface area contributed by atoms with Crippen LogP contribution in [0.15, 0.2) is 0 Å². The Morgan fingerprint density at radius 1 is 1.38 bits per heavy atom. The summed E-state index contributed by atoms with van der Waals surface area (Å²) in [6, 6.07) is 0. The third-order valence-electron chi connectivity index (χ3n) is 3.11. The van der Waals surface area contributed by atoms with Gasteiger partial charge in [0.05, 0.1) is 5.92 Å². The third kappa shape index (κ3) is 3.39. The number of amides is 1. The fourth-order valence-corrected chi connectivity index (χ4v) is 3.58. The molecular weight excluding hydrogens is 220 g/mol. The molecule has 0 bridgehead atoms. The molecule has 1 aliphatic rings. The molecule has 16 heavy (non-hydrogen) atoms. The molecule has 94 valence electrons. The second-order valence-corrected chi connectivity index (χ2v) is 6.97. The van der Waals surface area contributed by atoms with Crippen molar-refractivity contribution < 1.29 is 4.79 Å². The molecule has 0 aliphatic carbocycles. The van der Waals surface area contributed by atoms with Gasteiger partial charge in [0.15, 0.2) is 0 Å². The minimum Gasteiger partial charge on any atom is -0.340 e. The first-order chi connectivity index (χ1) is 7.45. The zero-order valence-electron chi connectivity index (χ0n) is 10.8. The van der Waals surface area contributed by atoms with E-state index >= 15 is 0 Å². The fraction of sp³-hybridized carbons (Fsp3) is 0.917. The number of rotatable bonds is 3. The summed E-state index contributed by atoms with van der Waals surface area (Å²) in [4.78, 5) is 14.3. The lowest BCUT2D eigenvalue weighted by Crippen LogP contribution is -2.48. The predicted octanol–water partition coefficient (Wildman–Crippen LogP) is 1.57. The van der Waals surface area contributed by atoms with Crippen LogP contribution in [0.3, 0.4) is 0 Å². The monoisotopic (exact) mass is 244 g/mol. The molecule has 0 aromatic carbocycles. The number of hydrogen-bond donors (Lipinski definition) is 1. The van der Waals surface area contributed by atoms with E-state index in [-0.39, 0.29) is 11.8 Å². The Bertz CT molecular complexity index is 235. The van der Waals surface area contributed by atoms with Crippen LogP contribution in [0.4, 0.5) is 0 Å². The molecule has 1 aliphatic heterocycles. The van der Waals surface area contributed by atoms with E-state index in [1.54, 1.807) is 0 Å². The highest BCUT2D eigenvalue weighted by Crippen LogP contribution is 2.26. The molecule has 0 aromatic rings. The van der Waals surface area contributed by atoms with Crippen LogP contribution in [0, 0.1) is 11.8 Å². The quantitative estimate of drug-likeness (QED) is 0.820. The first-order valence-electron chi connectivity index (χ1n) is 6.10. The SMILES string of the molecule is CC1CN(C(=O)C(CN)C(C)C)CC(C)S1. The number of carbonyl (C=O) groups excluding carboxylic acids is 1. The van der Waals surface area contributed by atoms with Crippen LogP contribution in [0.2, 0.25) is 0 Å². The molecule has 1 rings (SSSR count).